The number of aliphatic imine (C=N–C) groups is 1. The number of thiazole rings is 1. The van der Waals surface area contributed by atoms with Crippen LogP contribution >= 0.6 is 22.9 Å². The third-order valence-corrected chi connectivity index (χ3v) is 10.2. The molecule has 45 heavy (non-hydrogen) atoms. The molecule has 3 atom stereocenters. The number of fused-ring (bicyclic) bond motifs is 1. The van der Waals surface area contributed by atoms with Gasteiger partial charge in [0.15, 0.2) is 10.8 Å². The molecule has 1 aliphatic carbocycles. The maximum atomic E-state index is 14.1. The molecule has 0 amide bonds. The Kier molecular flexibility index (Phi) is 7.98. The molecular formula is C29H26ClF3N8O2S2. The Bertz CT molecular complexity index is 1880. The molecule has 7 rings (SSSR count). The molecule has 10 nitrogen and oxygen atoms in total. The highest BCUT2D eigenvalue weighted by molar-refractivity contribution is 7.87. The van der Waals surface area contributed by atoms with Crippen LogP contribution in [-0.2, 0) is 10.2 Å². The number of hydrogen-bond donors (Lipinski definition) is 2. The van der Waals surface area contributed by atoms with Crippen molar-refractivity contribution < 1.29 is 21.6 Å². The van der Waals surface area contributed by atoms with Crippen LogP contribution in [0.3, 0.4) is 0 Å². The van der Waals surface area contributed by atoms with Gasteiger partial charge in [0.2, 0.25) is 0 Å². The van der Waals surface area contributed by atoms with Gasteiger partial charge in [-0.15, -0.1) is 11.3 Å². The number of benzene rings is 1. The predicted octanol–water partition coefficient (Wildman–Crippen LogP) is 5.48. The van der Waals surface area contributed by atoms with Gasteiger partial charge in [-0.1, -0.05) is 23.7 Å². The van der Waals surface area contributed by atoms with E-state index in [0.717, 1.165) is 25.1 Å². The summed E-state index contributed by atoms with van der Waals surface area (Å²) in [5.74, 6) is 0.0662. The van der Waals surface area contributed by atoms with E-state index in [4.69, 9.17) is 16.6 Å². The smallest absolute Gasteiger partial charge is 0.326 e. The van der Waals surface area contributed by atoms with Gasteiger partial charge in [0.05, 0.1) is 17.4 Å². The molecule has 0 bridgehead atoms. The highest BCUT2D eigenvalue weighted by atomic mass is 35.5. The van der Waals surface area contributed by atoms with E-state index in [2.05, 4.69) is 24.5 Å². The molecule has 0 radical (unpaired) electrons. The Labute approximate surface area is 265 Å². The van der Waals surface area contributed by atoms with Gasteiger partial charge in [-0.25, -0.2) is 14.1 Å². The van der Waals surface area contributed by atoms with Gasteiger partial charge in [0.1, 0.15) is 11.9 Å². The van der Waals surface area contributed by atoms with Crippen LogP contribution in [0.1, 0.15) is 59.9 Å². The molecule has 2 N–H and O–H groups in total. The summed E-state index contributed by atoms with van der Waals surface area (Å²) < 4.78 is 74.5. The first-order valence-corrected chi connectivity index (χ1v) is 16.9. The Morgan fingerprint density at radius 2 is 1.93 bits per heavy atom. The first-order chi connectivity index (χ1) is 21.7. The van der Waals surface area contributed by atoms with E-state index in [0.29, 0.717) is 38.1 Å². The zero-order valence-electron chi connectivity index (χ0n) is 23.4. The van der Waals surface area contributed by atoms with E-state index >= 15 is 0 Å². The van der Waals surface area contributed by atoms with Crippen molar-refractivity contribution in [3.8, 4) is 0 Å². The van der Waals surface area contributed by atoms with E-state index in [1.807, 2.05) is 11.0 Å². The van der Waals surface area contributed by atoms with E-state index in [1.54, 1.807) is 29.9 Å². The molecule has 1 aromatic carbocycles. The van der Waals surface area contributed by atoms with Gasteiger partial charge >= 0.3 is 6.55 Å². The van der Waals surface area contributed by atoms with Crippen molar-refractivity contribution in [2.75, 3.05) is 6.54 Å². The number of nitrogens with one attached hydrogen (secondary N) is 2. The van der Waals surface area contributed by atoms with Gasteiger partial charge < -0.3 is 4.90 Å². The third-order valence-electron chi connectivity index (χ3n) is 7.93. The molecule has 16 heteroatoms. The molecule has 0 spiro atoms. The predicted molar refractivity (Wildman–Crippen MR) is 163 cm³/mol. The number of halogens is 4. The van der Waals surface area contributed by atoms with Crippen LogP contribution in [0.15, 0.2) is 77.1 Å². The van der Waals surface area contributed by atoms with E-state index in [9.17, 15) is 21.6 Å². The monoisotopic (exact) mass is 674 g/mol. The fraction of sp³-hybridized carbons (Fsp3) is 0.310. The van der Waals surface area contributed by atoms with Crippen LogP contribution in [0.2, 0.25) is 5.02 Å². The van der Waals surface area contributed by atoms with Crippen molar-refractivity contribution >= 4 is 44.6 Å². The van der Waals surface area contributed by atoms with Crippen molar-refractivity contribution in [2.24, 2.45) is 10.9 Å². The molecule has 3 aromatic heterocycles. The van der Waals surface area contributed by atoms with Gasteiger partial charge in [-0.2, -0.15) is 31.7 Å². The average molecular weight is 675 g/mol. The summed E-state index contributed by atoms with van der Waals surface area (Å²) >= 11 is 7.86. The van der Waals surface area contributed by atoms with Crippen LogP contribution < -0.4 is 9.44 Å². The number of pyridine rings is 1. The fourth-order valence-corrected chi connectivity index (χ4v) is 8.06. The second-order valence-corrected chi connectivity index (χ2v) is 13.8. The van der Waals surface area contributed by atoms with Crippen molar-refractivity contribution in [1.29, 1.82) is 0 Å². The number of amidine groups is 1. The number of hydrogen-bond acceptors (Lipinski definition) is 8. The van der Waals surface area contributed by atoms with E-state index in [-0.39, 0.29) is 29.6 Å². The lowest BCUT2D eigenvalue weighted by molar-refractivity contribution is 0.0564. The molecule has 1 saturated heterocycles. The summed E-state index contributed by atoms with van der Waals surface area (Å²) in [5.41, 5.74) is 2.38. The molecule has 2 aliphatic heterocycles. The third kappa shape index (κ3) is 6.14. The van der Waals surface area contributed by atoms with Crippen LogP contribution in [0, 0.1) is 11.7 Å². The highest BCUT2D eigenvalue weighted by Crippen LogP contribution is 2.46. The lowest BCUT2D eigenvalue weighted by Crippen LogP contribution is -2.46. The van der Waals surface area contributed by atoms with Crippen molar-refractivity contribution in [3.05, 3.63) is 105 Å². The summed E-state index contributed by atoms with van der Waals surface area (Å²) in [5, 5.41) is 6.58. The maximum absolute atomic E-state index is 14.1. The lowest BCUT2D eigenvalue weighted by Gasteiger charge is -2.32. The summed E-state index contributed by atoms with van der Waals surface area (Å²) in [6.45, 7) is -2.69. The zero-order valence-corrected chi connectivity index (χ0v) is 25.8. The van der Waals surface area contributed by atoms with E-state index < -0.39 is 40.7 Å². The molecule has 2 fully saturated rings. The molecular weight excluding hydrogens is 649 g/mol. The molecule has 234 valence electrons. The second kappa shape index (κ2) is 11.9. The maximum Gasteiger partial charge on any atom is 0.333 e. The van der Waals surface area contributed by atoms with Crippen molar-refractivity contribution in [3.63, 3.8) is 0 Å². The zero-order chi connectivity index (χ0) is 31.3. The number of alkyl halides is 2. The second-order valence-electron chi connectivity index (χ2n) is 11.0. The Hall–Kier alpha value is -3.63. The summed E-state index contributed by atoms with van der Waals surface area (Å²) in [6, 6.07) is 8.81. The quantitative estimate of drug-likeness (QED) is 0.230. The van der Waals surface area contributed by atoms with Crippen molar-refractivity contribution in [1.82, 2.24) is 34.1 Å². The molecule has 5 heterocycles. The fourth-order valence-electron chi connectivity index (χ4n) is 5.84. The highest BCUT2D eigenvalue weighted by Gasteiger charge is 2.43. The lowest BCUT2D eigenvalue weighted by atomic mass is 9.92. The summed E-state index contributed by atoms with van der Waals surface area (Å²) in [7, 11) is -4.02. The van der Waals surface area contributed by atoms with Crippen molar-refractivity contribution in [2.45, 2.75) is 43.9 Å². The number of aromatic nitrogens is 4. The van der Waals surface area contributed by atoms with Crippen LogP contribution in [0.4, 0.5) is 13.2 Å². The summed E-state index contributed by atoms with van der Waals surface area (Å²) in [4.78, 5) is 15.6. The number of nitrogens with zero attached hydrogens (tertiary/aromatic N) is 6. The minimum absolute atomic E-state index is 0.0992. The SMILES string of the molecule is O=S(=O)(N[C@H]1CC2=C(c3ccn(C(F)F)n3)[C@H](c3ccc(F)cc3Cl)N=C(c3nccs3)N2C1)N[C@@H](c1ccccn1)C1CC1. The van der Waals surface area contributed by atoms with Crippen LogP contribution in [-0.4, -0.2) is 51.5 Å². The molecule has 0 unspecified atom stereocenters. The molecule has 3 aliphatic rings. The minimum Gasteiger partial charge on any atom is -0.326 e. The molecule has 4 aromatic rings. The van der Waals surface area contributed by atoms with Crippen LogP contribution in [0.25, 0.3) is 5.57 Å². The topological polar surface area (TPSA) is 117 Å². The Balaban J connectivity index is 1.28. The Morgan fingerprint density at radius 1 is 1.09 bits per heavy atom. The number of rotatable bonds is 10. The normalized spacial score (nSPS) is 20.9. The first kappa shape index (κ1) is 30.0. The van der Waals surface area contributed by atoms with Gasteiger partial charge in [-0.05, 0) is 49.1 Å². The molecule has 1 saturated carbocycles. The minimum atomic E-state index is -4.02. The van der Waals surface area contributed by atoms with E-state index in [1.165, 1.54) is 29.5 Å². The first-order valence-electron chi connectivity index (χ1n) is 14.1. The summed E-state index contributed by atoms with van der Waals surface area (Å²) in [6.07, 6.45) is 6.40. The standard InChI is InChI=1S/C29H26ClF3N8O2S2/c30-20-13-17(31)6-7-19(20)26-24(21-8-11-41(37-21)29(32)33)23-14-18(15-40(23)27(36-26)28-35-10-12-44-28)38-45(42,43)39-25(16-4-5-16)22-3-1-2-9-34-22/h1-3,6-13,16,18,25-26,29,38-39H,4-5,14-15H2/t18-,25+,26-/m0/s1. The van der Waals surface area contributed by atoms with Crippen LogP contribution in [0.5, 0.6) is 0 Å². The van der Waals surface area contributed by atoms with Gasteiger partial charge in [-0.3, -0.25) is 9.98 Å². The van der Waals surface area contributed by atoms with Gasteiger partial charge in [0.25, 0.3) is 10.2 Å². The van der Waals surface area contributed by atoms with Gasteiger partial charge in [0, 0.05) is 64.8 Å². The Morgan fingerprint density at radius 3 is 2.60 bits per heavy atom. The average Bonchev–Trinajstić information content (AvgIpc) is 3.36. The largest absolute Gasteiger partial charge is 0.333 e.